The molecule has 0 radical (unpaired) electrons. The molecule has 0 bridgehead atoms. The van der Waals surface area contributed by atoms with Gasteiger partial charge in [-0.1, -0.05) is 12.1 Å². The van der Waals surface area contributed by atoms with E-state index in [1.807, 2.05) is 31.5 Å². The van der Waals surface area contributed by atoms with E-state index in [0.717, 1.165) is 22.5 Å². The second-order valence-corrected chi connectivity index (χ2v) is 5.83. The van der Waals surface area contributed by atoms with Crippen molar-refractivity contribution in [3.05, 3.63) is 56.4 Å². The molecule has 1 aromatic carbocycles. The first-order valence-corrected chi connectivity index (χ1v) is 7.17. The lowest BCUT2D eigenvalue weighted by Gasteiger charge is -2.09. The average Bonchev–Trinajstić information content (AvgIpc) is 2.66. The monoisotopic (exact) mass is 307 g/mol. The van der Waals surface area contributed by atoms with E-state index in [1.54, 1.807) is 13.0 Å². The lowest BCUT2D eigenvalue weighted by Crippen LogP contribution is -2.07. The van der Waals surface area contributed by atoms with Gasteiger partial charge in [-0.15, -0.1) is 11.6 Å². The second kappa shape index (κ2) is 5.85. The van der Waals surface area contributed by atoms with Crippen LogP contribution in [0, 0.1) is 30.9 Å². The zero-order valence-corrected chi connectivity index (χ0v) is 13.3. The van der Waals surface area contributed by atoms with Crippen LogP contribution in [0.2, 0.25) is 0 Å². The maximum atomic E-state index is 11.0. The predicted molar refractivity (Wildman–Crippen MR) is 82.9 cm³/mol. The largest absolute Gasteiger partial charge is 0.272 e. The number of benzene rings is 1. The molecule has 0 saturated carbocycles. The number of aryl methyl sites for hydroxylation is 1. The van der Waals surface area contributed by atoms with Crippen molar-refractivity contribution < 1.29 is 4.92 Å². The second-order valence-electron chi connectivity index (χ2n) is 5.18. The summed E-state index contributed by atoms with van der Waals surface area (Å²) in [6.45, 7) is 8.09. The highest BCUT2D eigenvalue weighted by Crippen LogP contribution is 2.28. The first-order chi connectivity index (χ1) is 9.82. The number of aromatic nitrogens is 2. The highest BCUT2D eigenvalue weighted by molar-refractivity contribution is 6.20. The third-order valence-electron chi connectivity index (χ3n) is 3.77. The van der Waals surface area contributed by atoms with Gasteiger partial charge in [0.15, 0.2) is 0 Å². The van der Waals surface area contributed by atoms with Crippen molar-refractivity contribution in [1.82, 2.24) is 9.78 Å². The molecule has 2 aromatic rings. The lowest BCUT2D eigenvalue weighted by atomic mass is 10.1. The van der Waals surface area contributed by atoms with E-state index >= 15 is 0 Å². The zero-order chi connectivity index (χ0) is 15.7. The Balaban J connectivity index is 2.42. The Bertz CT molecular complexity index is 692. The molecule has 6 heteroatoms. The minimum Gasteiger partial charge on any atom is -0.265 e. The number of hydrogen-bond acceptors (Lipinski definition) is 3. The number of nitro groups is 1. The molecular formula is C15H18ClN3O2. The van der Waals surface area contributed by atoms with Crippen LogP contribution in [-0.2, 0) is 6.54 Å². The molecule has 1 unspecified atom stereocenters. The third kappa shape index (κ3) is 2.93. The van der Waals surface area contributed by atoms with E-state index in [4.69, 9.17) is 11.6 Å². The van der Waals surface area contributed by atoms with E-state index < -0.39 is 0 Å². The van der Waals surface area contributed by atoms with Crippen LogP contribution in [-0.4, -0.2) is 14.7 Å². The van der Waals surface area contributed by atoms with Crippen molar-refractivity contribution in [2.45, 2.75) is 39.6 Å². The normalized spacial score (nSPS) is 12.4. The Morgan fingerprint density at radius 1 is 1.38 bits per heavy atom. The van der Waals surface area contributed by atoms with Gasteiger partial charge in [-0.25, -0.2) is 0 Å². The number of nitro benzene ring substituents is 1. The van der Waals surface area contributed by atoms with Gasteiger partial charge in [0.05, 0.1) is 22.5 Å². The maximum Gasteiger partial charge on any atom is 0.272 e. The van der Waals surface area contributed by atoms with Crippen molar-refractivity contribution >= 4 is 17.3 Å². The minimum absolute atomic E-state index is 0.107. The van der Waals surface area contributed by atoms with Gasteiger partial charge >= 0.3 is 0 Å². The summed E-state index contributed by atoms with van der Waals surface area (Å²) >= 11 is 6.19. The van der Waals surface area contributed by atoms with Crippen molar-refractivity contribution in [2.75, 3.05) is 0 Å². The van der Waals surface area contributed by atoms with Crippen molar-refractivity contribution in [1.29, 1.82) is 0 Å². The molecule has 0 aliphatic heterocycles. The van der Waals surface area contributed by atoms with Crippen LogP contribution in [0.25, 0.3) is 0 Å². The van der Waals surface area contributed by atoms with Crippen LogP contribution in [0.5, 0.6) is 0 Å². The highest BCUT2D eigenvalue weighted by Gasteiger charge is 2.18. The Hall–Kier alpha value is -1.88. The number of halogens is 1. The van der Waals surface area contributed by atoms with Crippen LogP contribution < -0.4 is 0 Å². The molecule has 0 amide bonds. The summed E-state index contributed by atoms with van der Waals surface area (Å²) in [5.41, 5.74) is 4.64. The zero-order valence-electron chi connectivity index (χ0n) is 12.6. The molecule has 5 nitrogen and oxygen atoms in total. The Labute approximate surface area is 128 Å². The van der Waals surface area contributed by atoms with Gasteiger partial charge in [0.1, 0.15) is 0 Å². The summed E-state index contributed by atoms with van der Waals surface area (Å²) in [5, 5.41) is 15.4. The van der Waals surface area contributed by atoms with Gasteiger partial charge in [-0.3, -0.25) is 14.8 Å². The first kappa shape index (κ1) is 15.5. The van der Waals surface area contributed by atoms with Crippen LogP contribution in [0.4, 0.5) is 5.69 Å². The van der Waals surface area contributed by atoms with Gasteiger partial charge in [-0.05, 0) is 33.3 Å². The van der Waals surface area contributed by atoms with Crippen molar-refractivity contribution in [3.63, 3.8) is 0 Å². The van der Waals surface area contributed by atoms with E-state index in [1.165, 1.54) is 6.07 Å². The standard InChI is InChI=1S/C15H18ClN3O2/c1-9-13(6-5-7-14(9)19(20)21)8-18-12(4)15(10(2)16)11(3)17-18/h5-7,10H,8H2,1-4H3. The Morgan fingerprint density at radius 3 is 2.57 bits per heavy atom. The molecule has 21 heavy (non-hydrogen) atoms. The molecule has 1 aromatic heterocycles. The smallest absolute Gasteiger partial charge is 0.265 e. The molecule has 0 saturated heterocycles. The Kier molecular flexibility index (Phi) is 4.32. The molecule has 112 valence electrons. The van der Waals surface area contributed by atoms with Crippen LogP contribution in [0.1, 0.15) is 40.4 Å². The molecule has 2 rings (SSSR count). The lowest BCUT2D eigenvalue weighted by molar-refractivity contribution is -0.385. The van der Waals surface area contributed by atoms with Crippen LogP contribution >= 0.6 is 11.6 Å². The summed E-state index contributed by atoms with van der Waals surface area (Å²) in [6, 6.07) is 5.12. The van der Waals surface area contributed by atoms with Gasteiger partial charge in [0, 0.05) is 22.9 Å². The summed E-state index contributed by atoms with van der Waals surface area (Å²) in [4.78, 5) is 10.7. The predicted octanol–water partition coefficient (Wildman–Crippen LogP) is 4.06. The molecule has 0 N–H and O–H groups in total. The molecule has 1 heterocycles. The fourth-order valence-electron chi connectivity index (χ4n) is 2.64. The van der Waals surface area contributed by atoms with Crippen LogP contribution in [0.15, 0.2) is 18.2 Å². The van der Waals surface area contributed by atoms with E-state index in [-0.39, 0.29) is 16.0 Å². The number of rotatable bonds is 4. The van der Waals surface area contributed by atoms with E-state index in [0.29, 0.717) is 12.1 Å². The molecular weight excluding hydrogens is 290 g/mol. The van der Waals surface area contributed by atoms with Gasteiger partial charge in [0.25, 0.3) is 5.69 Å². The summed E-state index contributed by atoms with van der Waals surface area (Å²) < 4.78 is 1.86. The molecule has 1 atom stereocenters. The summed E-state index contributed by atoms with van der Waals surface area (Å²) in [6.07, 6.45) is 0. The van der Waals surface area contributed by atoms with E-state index in [9.17, 15) is 10.1 Å². The topological polar surface area (TPSA) is 61.0 Å². The molecule has 0 fully saturated rings. The molecule has 0 aliphatic carbocycles. The Morgan fingerprint density at radius 2 is 2.05 bits per heavy atom. The van der Waals surface area contributed by atoms with Gasteiger partial charge in [-0.2, -0.15) is 5.10 Å². The van der Waals surface area contributed by atoms with Crippen molar-refractivity contribution in [2.24, 2.45) is 0 Å². The molecule has 0 spiro atoms. The SMILES string of the molecule is Cc1nn(Cc2cccc([N+](=O)[O-])c2C)c(C)c1C(C)Cl. The van der Waals surface area contributed by atoms with Gasteiger partial charge in [0.2, 0.25) is 0 Å². The summed E-state index contributed by atoms with van der Waals surface area (Å²) in [7, 11) is 0. The van der Waals surface area contributed by atoms with Crippen LogP contribution in [0.3, 0.4) is 0 Å². The van der Waals surface area contributed by atoms with Crippen molar-refractivity contribution in [3.8, 4) is 0 Å². The first-order valence-electron chi connectivity index (χ1n) is 6.73. The van der Waals surface area contributed by atoms with E-state index in [2.05, 4.69) is 5.10 Å². The maximum absolute atomic E-state index is 11.0. The quantitative estimate of drug-likeness (QED) is 0.486. The fraction of sp³-hybridized carbons (Fsp3) is 0.400. The molecule has 0 aliphatic rings. The fourth-order valence-corrected chi connectivity index (χ4v) is 2.96. The number of alkyl halides is 1. The highest BCUT2D eigenvalue weighted by atomic mass is 35.5. The van der Waals surface area contributed by atoms with Gasteiger partial charge < -0.3 is 0 Å². The number of hydrogen-bond donors (Lipinski definition) is 0. The third-order valence-corrected chi connectivity index (χ3v) is 3.99. The minimum atomic E-state index is -0.355. The number of nitrogens with zero attached hydrogens (tertiary/aromatic N) is 3. The average molecular weight is 308 g/mol. The summed E-state index contributed by atoms with van der Waals surface area (Å²) in [5.74, 6) is 0.